The fourth-order valence-electron chi connectivity index (χ4n) is 2.07. The molecule has 1 amide bonds. The van der Waals surface area contributed by atoms with Crippen molar-refractivity contribution in [2.24, 2.45) is 5.92 Å². The zero-order chi connectivity index (χ0) is 13.1. The highest BCUT2D eigenvalue weighted by Gasteiger charge is 2.32. The van der Waals surface area contributed by atoms with Crippen molar-refractivity contribution in [1.82, 2.24) is 4.90 Å². The molecule has 1 saturated carbocycles. The SMILES string of the molecule is CC(C)CCN(C(=O)c1cccc(N)c1)C1CC1. The Morgan fingerprint density at radius 1 is 1.44 bits per heavy atom. The Morgan fingerprint density at radius 3 is 2.72 bits per heavy atom. The molecule has 98 valence electrons. The van der Waals surface area contributed by atoms with E-state index in [9.17, 15) is 4.79 Å². The molecule has 0 aromatic heterocycles. The summed E-state index contributed by atoms with van der Waals surface area (Å²) in [6.07, 6.45) is 3.35. The summed E-state index contributed by atoms with van der Waals surface area (Å²) in [5, 5.41) is 0. The number of benzene rings is 1. The van der Waals surface area contributed by atoms with Crippen molar-refractivity contribution in [3.05, 3.63) is 29.8 Å². The van der Waals surface area contributed by atoms with Gasteiger partial charge in [0.2, 0.25) is 0 Å². The molecule has 0 atom stereocenters. The fourth-order valence-corrected chi connectivity index (χ4v) is 2.07. The topological polar surface area (TPSA) is 46.3 Å². The first kappa shape index (κ1) is 12.9. The van der Waals surface area contributed by atoms with E-state index in [-0.39, 0.29) is 5.91 Å². The van der Waals surface area contributed by atoms with Crippen LogP contribution in [0.25, 0.3) is 0 Å². The summed E-state index contributed by atoms with van der Waals surface area (Å²) in [6, 6.07) is 7.73. The van der Waals surface area contributed by atoms with Gasteiger partial charge in [0.15, 0.2) is 0 Å². The molecule has 0 bridgehead atoms. The zero-order valence-electron chi connectivity index (χ0n) is 11.2. The molecular formula is C15H22N2O. The van der Waals surface area contributed by atoms with E-state index in [2.05, 4.69) is 13.8 Å². The molecule has 3 nitrogen and oxygen atoms in total. The van der Waals surface area contributed by atoms with Crippen LogP contribution < -0.4 is 5.73 Å². The van der Waals surface area contributed by atoms with Gasteiger partial charge >= 0.3 is 0 Å². The molecule has 0 aliphatic heterocycles. The molecular weight excluding hydrogens is 224 g/mol. The minimum Gasteiger partial charge on any atom is -0.399 e. The van der Waals surface area contributed by atoms with Gasteiger partial charge in [-0.3, -0.25) is 4.79 Å². The molecule has 1 aromatic rings. The molecule has 3 heteroatoms. The predicted molar refractivity (Wildman–Crippen MR) is 74.4 cm³/mol. The van der Waals surface area contributed by atoms with E-state index in [1.54, 1.807) is 6.07 Å². The van der Waals surface area contributed by atoms with Crippen molar-refractivity contribution in [3.63, 3.8) is 0 Å². The lowest BCUT2D eigenvalue weighted by Crippen LogP contribution is -2.34. The number of nitrogens with zero attached hydrogens (tertiary/aromatic N) is 1. The predicted octanol–water partition coefficient (Wildman–Crippen LogP) is 2.92. The van der Waals surface area contributed by atoms with Crippen LogP contribution in [0.3, 0.4) is 0 Å². The maximum absolute atomic E-state index is 12.5. The molecule has 1 fully saturated rings. The molecule has 1 aromatic carbocycles. The highest BCUT2D eigenvalue weighted by atomic mass is 16.2. The lowest BCUT2D eigenvalue weighted by Gasteiger charge is -2.23. The summed E-state index contributed by atoms with van der Waals surface area (Å²) in [4.78, 5) is 14.5. The van der Waals surface area contributed by atoms with Crippen LogP contribution in [0.4, 0.5) is 5.69 Å². The van der Waals surface area contributed by atoms with Crippen LogP contribution in [0, 0.1) is 5.92 Å². The van der Waals surface area contributed by atoms with Gasteiger partial charge in [0.05, 0.1) is 0 Å². The largest absolute Gasteiger partial charge is 0.399 e. The monoisotopic (exact) mass is 246 g/mol. The minimum atomic E-state index is 0.130. The second-order valence-corrected chi connectivity index (χ2v) is 5.54. The first-order chi connectivity index (χ1) is 8.58. The molecule has 0 radical (unpaired) electrons. The third-order valence-corrected chi connectivity index (χ3v) is 3.33. The van der Waals surface area contributed by atoms with Crippen LogP contribution in [0.2, 0.25) is 0 Å². The second kappa shape index (κ2) is 5.42. The Morgan fingerprint density at radius 2 is 2.17 bits per heavy atom. The fraction of sp³-hybridized carbons (Fsp3) is 0.533. The summed E-state index contributed by atoms with van der Waals surface area (Å²) in [5.41, 5.74) is 7.11. The van der Waals surface area contributed by atoms with Crippen molar-refractivity contribution in [1.29, 1.82) is 0 Å². The molecule has 1 aliphatic rings. The number of rotatable bonds is 5. The maximum atomic E-state index is 12.5. The number of anilines is 1. The average molecular weight is 246 g/mol. The number of hydrogen-bond acceptors (Lipinski definition) is 2. The van der Waals surface area contributed by atoms with Crippen LogP contribution in [-0.2, 0) is 0 Å². The normalized spacial score (nSPS) is 14.8. The van der Waals surface area contributed by atoms with Crippen LogP contribution in [0.5, 0.6) is 0 Å². The van der Waals surface area contributed by atoms with E-state index in [1.807, 2.05) is 23.1 Å². The first-order valence-electron chi connectivity index (χ1n) is 6.74. The second-order valence-electron chi connectivity index (χ2n) is 5.54. The Kier molecular flexibility index (Phi) is 3.90. The Hall–Kier alpha value is -1.51. The van der Waals surface area contributed by atoms with Crippen molar-refractivity contribution in [2.45, 2.75) is 39.2 Å². The third-order valence-electron chi connectivity index (χ3n) is 3.33. The van der Waals surface area contributed by atoms with E-state index in [1.165, 1.54) is 0 Å². The van der Waals surface area contributed by atoms with Crippen LogP contribution in [0.1, 0.15) is 43.5 Å². The van der Waals surface area contributed by atoms with Gasteiger partial charge in [-0.15, -0.1) is 0 Å². The average Bonchev–Trinajstić information content (AvgIpc) is 3.13. The summed E-state index contributed by atoms with van der Waals surface area (Å²) >= 11 is 0. The van der Waals surface area contributed by atoms with Gasteiger partial charge in [0.1, 0.15) is 0 Å². The van der Waals surface area contributed by atoms with Crippen molar-refractivity contribution in [2.75, 3.05) is 12.3 Å². The Bertz CT molecular complexity index is 424. The van der Waals surface area contributed by atoms with Crippen LogP contribution >= 0.6 is 0 Å². The standard InChI is InChI=1S/C15H22N2O/c1-11(2)8-9-17(14-6-7-14)15(18)12-4-3-5-13(16)10-12/h3-5,10-11,14H,6-9,16H2,1-2H3. The lowest BCUT2D eigenvalue weighted by atomic mass is 10.1. The molecule has 1 aliphatic carbocycles. The molecule has 0 spiro atoms. The van der Waals surface area contributed by atoms with Gasteiger partial charge in [0, 0.05) is 23.8 Å². The number of carbonyl (C=O) groups is 1. The number of nitrogens with two attached hydrogens (primary N) is 1. The number of hydrogen-bond donors (Lipinski definition) is 1. The molecule has 2 N–H and O–H groups in total. The van der Waals surface area contributed by atoms with Gasteiger partial charge < -0.3 is 10.6 Å². The van der Waals surface area contributed by atoms with E-state index >= 15 is 0 Å². The number of nitrogen functional groups attached to an aromatic ring is 1. The van der Waals surface area contributed by atoms with Crippen LogP contribution in [-0.4, -0.2) is 23.4 Å². The highest BCUT2D eigenvalue weighted by molar-refractivity contribution is 5.95. The molecule has 2 rings (SSSR count). The maximum Gasteiger partial charge on any atom is 0.254 e. The first-order valence-corrected chi connectivity index (χ1v) is 6.74. The third kappa shape index (κ3) is 3.25. The van der Waals surface area contributed by atoms with Gasteiger partial charge in [-0.25, -0.2) is 0 Å². The molecule has 0 unspecified atom stereocenters. The summed E-state index contributed by atoms with van der Waals surface area (Å²) in [5.74, 6) is 0.755. The molecule has 18 heavy (non-hydrogen) atoms. The van der Waals surface area contributed by atoms with Crippen LogP contribution in [0.15, 0.2) is 24.3 Å². The molecule has 0 heterocycles. The van der Waals surface area contributed by atoms with Gasteiger partial charge in [-0.2, -0.15) is 0 Å². The van der Waals surface area contributed by atoms with E-state index < -0.39 is 0 Å². The zero-order valence-corrected chi connectivity index (χ0v) is 11.2. The number of carbonyl (C=O) groups excluding carboxylic acids is 1. The lowest BCUT2D eigenvalue weighted by molar-refractivity contribution is 0.0735. The van der Waals surface area contributed by atoms with Crippen molar-refractivity contribution in [3.8, 4) is 0 Å². The van der Waals surface area contributed by atoms with E-state index in [0.29, 0.717) is 23.2 Å². The molecule has 0 saturated heterocycles. The Balaban J connectivity index is 2.08. The summed E-state index contributed by atoms with van der Waals surface area (Å²) in [7, 11) is 0. The van der Waals surface area contributed by atoms with Crippen molar-refractivity contribution < 1.29 is 4.79 Å². The van der Waals surface area contributed by atoms with Gasteiger partial charge in [-0.1, -0.05) is 19.9 Å². The summed E-state index contributed by atoms with van der Waals surface area (Å²) < 4.78 is 0. The smallest absolute Gasteiger partial charge is 0.254 e. The quantitative estimate of drug-likeness (QED) is 0.812. The number of amides is 1. The van der Waals surface area contributed by atoms with E-state index in [0.717, 1.165) is 25.8 Å². The van der Waals surface area contributed by atoms with Crippen molar-refractivity contribution >= 4 is 11.6 Å². The van der Waals surface area contributed by atoms with Gasteiger partial charge in [-0.05, 0) is 43.4 Å². The Labute approximate surface area is 109 Å². The van der Waals surface area contributed by atoms with Gasteiger partial charge in [0.25, 0.3) is 5.91 Å². The minimum absolute atomic E-state index is 0.130. The highest BCUT2D eigenvalue weighted by Crippen LogP contribution is 2.29. The summed E-state index contributed by atoms with van der Waals surface area (Å²) in [6.45, 7) is 5.24. The van der Waals surface area contributed by atoms with E-state index in [4.69, 9.17) is 5.73 Å².